The predicted molar refractivity (Wildman–Crippen MR) is 102 cm³/mol. The van der Waals surface area contributed by atoms with Gasteiger partial charge in [-0.05, 0) is 68.5 Å². The summed E-state index contributed by atoms with van der Waals surface area (Å²) in [6.45, 7) is 2.49. The average molecular weight is 352 g/mol. The van der Waals surface area contributed by atoms with E-state index in [1.165, 1.54) is 31.1 Å². The highest BCUT2D eigenvalue weighted by atomic mass is 16.5. The number of hydrogen-bond acceptors (Lipinski definition) is 4. The monoisotopic (exact) mass is 352 g/mol. The Bertz CT molecular complexity index is 788. The normalized spacial score (nSPS) is 14.7. The fourth-order valence-electron chi connectivity index (χ4n) is 3.11. The Hall–Kier alpha value is -2.75. The number of phenols is 1. The first-order valence-electron chi connectivity index (χ1n) is 9.10. The molecule has 0 spiro atoms. The maximum atomic E-state index is 12.2. The van der Waals surface area contributed by atoms with Crippen LogP contribution in [0.2, 0.25) is 0 Å². The van der Waals surface area contributed by atoms with Gasteiger partial charge in [0.15, 0.2) is 17.3 Å². The first kappa shape index (κ1) is 18.1. The van der Waals surface area contributed by atoms with E-state index >= 15 is 0 Å². The van der Waals surface area contributed by atoms with E-state index in [0.717, 1.165) is 24.2 Å². The molecule has 0 saturated heterocycles. The predicted octanol–water partition coefficient (Wildman–Crippen LogP) is 5.01. The second-order valence-electron chi connectivity index (χ2n) is 6.41. The summed E-state index contributed by atoms with van der Waals surface area (Å²) < 4.78 is 11.8. The van der Waals surface area contributed by atoms with Crippen molar-refractivity contribution >= 4 is 11.9 Å². The number of aromatic hydroxyl groups is 1. The lowest BCUT2D eigenvalue weighted by molar-refractivity contribution is 0.104. The van der Waals surface area contributed by atoms with Crippen LogP contribution in [0.1, 0.15) is 48.5 Å². The highest BCUT2D eigenvalue weighted by Crippen LogP contribution is 2.33. The number of benzene rings is 2. The summed E-state index contributed by atoms with van der Waals surface area (Å²) in [5.41, 5.74) is 1.31. The van der Waals surface area contributed by atoms with Gasteiger partial charge in [-0.2, -0.15) is 0 Å². The molecule has 0 unspecified atom stereocenters. The molecular formula is C22H24O4. The molecular weight excluding hydrogens is 328 g/mol. The molecule has 2 aromatic rings. The molecule has 1 aliphatic carbocycles. The first-order chi connectivity index (χ1) is 12.7. The topological polar surface area (TPSA) is 55.8 Å². The van der Waals surface area contributed by atoms with Crippen LogP contribution in [-0.4, -0.2) is 23.6 Å². The van der Waals surface area contributed by atoms with Crippen LogP contribution in [0.5, 0.6) is 17.2 Å². The number of rotatable bonds is 7. The van der Waals surface area contributed by atoms with E-state index in [0.29, 0.717) is 17.9 Å². The van der Waals surface area contributed by atoms with Crippen molar-refractivity contribution in [2.24, 2.45) is 0 Å². The summed E-state index contributed by atoms with van der Waals surface area (Å²) in [7, 11) is 0. The fraction of sp³-hybridized carbons (Fsp3) is 0.318. The molecule has 0 amide bonds. The van der Waals surface area contributed by atoms with Crippen molar-refractivity contribution < 1.29 is 19.4 Å². The third-order valence-electron chi connectivity index (χ3n) is 4.42. The second-order valence-corrected chi connectivity index (χ2v) is 6.41. The van der Waals surface area contributed by atoms with Gasteiger partial charge in [-0.1, -0.05) is 24.3 Å². The van der Waals surface area contributed by atoms with Gasteiger partial charge in [0.05, 0.1) is 12.7 Å². The molecule has 0 heterocycles. The van der Waals surface area contributed by atoms with Crippen molar-refractivity contribution in [3.63, 3.8) is 0 Å². The van der Waals surface area contributed by atoms with Gasteiger partial charge in [0.2, 0.25) is 0 Å². The number of phenolic OH excluding ortho intramolecular Hbond substituents is 1. The van der Waals surface area contributed by atoms with Gasteiger partial charge in [0.1, 0.15) is 5.75 Å². The van der Waals surface area contributed by atoms with E-state index in [9.17, 15) is 9.90 Å². The number of hydrogen-bond donors (Lipinski definition) is 1. The number of carbonyl (C=O) groups is 1. The van der Waals surface area contributed by atoms with Crippen LogP contribution < -0.4 is 9.47 Å². The Labute approximate surface area is 154 Å². The van der Waals surface area contributed by atoms with E-state index in [2.05, 4.69) is 0 Å². The zero-order valence-corrected chi connectivity index (χ0v) is 15.0. The third kappa shape index (κ3) is 4.66. The van der Waals surface area contributed by atoms with E-state index in [1.54, 1.807) is 18.2 Å². The summed E-state index contributed by atoms with van der Waals surface area (Å²) in [6, 6.07) is 12.0. The van der Waals surface area contributed by atoms with Crippen LogP contribution in [0.25, 0.3) is 6.08 Å². The molecule has 26 heavy (non-hydrogen) atoms. The average Bonchev–Trinajstić information content (AvgIpc) is 3.15. The molecule has 0 atom stereocenters. The highest BCUT2D eigenvalue weighted by Gasteiger charge is 2.18. The number of ketones is 1. The minimum atomic E-state index is -0.162. The van der Waals surface area contributed by atoms with Crippen molar-refractivity contribution in [2.45, 2.75) is 38.7 Å². The largest absolute Gasteiger partial charge is 0.508 e. The summed E-state index contributed by atoms with van der Waals surface area (Å²) >= 11 is 0. The molecule has 0 bridgehead atoms. The van der Waals surface area contributed by atoms with Gasteiger partial charge in [-0.3, -0.25) is 4.79 Å². The van der Waals surface area contributed by atoms with Crippen LogP contribution in [0.4, 0.5) is 0 Å². The molecule has 4 nitrogen and oxygen atoms in total. The van der Waals surface area contributed by atoms with Crippen LogP contribution in [0.15, 0.2) is 48.5 Å². The molecule has 0 radical (unpaired) electrons. The van der Waals surface area contributed by atoms with Gasteiger partial charge in [-0.25, -0.2) is 0 Å². The van der Waals surface area contributed by atoms with Crippen LogP contribution >= 0.6 is 0 Å². The summed E-state index contributed by atoms with van der Waals surface area (Å²) in [4.78, 5) is 12.2. The van der Waals surface area contributed by atoms with Crippen molar-refractivity contribution in [1.29, 1.82) is 0 Å². The standard InChI is InChI=1S/C22H24O4/c1-2-25-22-14-16(11-13-21(22)26-19-8-3-4-9-19)10-12-20(24)17-6-5-7-18(23)15-17/h5-7,10-15,19,23H,2-4,8-9H2,1H3/b12-10+. The van der Waals surface area contributed by atoms with Crippen LogP contribution in [0, 0.1) is 0 Å². The zero-order chi connectivity index (χ0) is 18.4. The minimum absolute atomic E-state index is 0.0799. The zero-order valence-electron chi connectivity index (χ0n) is 15.0. The maximum Gasteiger partial charge on any atom is 0.185 e. The Morgan fingerprint density at radius 1 is 1.15 bits per heavy atom. The molecule has 136 valence electrons. The lowest BCUT2D eigenvalue weighted by atomic mass is 10.1. The van der Waals surface area contributed by atoms with Gasteiger partial charge < -0.3 is 14.6 Å². The molecule has 0 aromatic heterocycles. The fourth-order valence-corrected chi connectivity index (χ4v) is 3.11. The van der Waals surface area contributed by atoms with Crippen LogP contribution in [-0.2, 0) is 0 Å². The van der Waals surface area contributed by atoms with E-state index in [1.807, 2.05) is 25.1 Å². The van der Waals surface area contributed by atoms with Crippen molar-refractivity contribution in [3.8, 4) is 17.2 Å². The molecule has 1 fully saturated rings. The first-order valence-corrected chi connectivity index (χ1v) is 9.10. The molecule has 3 rings (SSSR count). The number of allylic oxidation sites excluding steroid dienone is 1. The molecule has 4 heteroatoms. The Balaban J connectivity index is 1.74. The van der Waals surface area contributed by atoms with E-state index < -0.39 is 0 Å². The van der Waals surface area contributed by atoms with E-state index in [4.69, 9.17) is 9.47 Å². The molecule has 1 saturated carbocycles. The lowest BCUT2D eigenvalue weighted by Gasteiger charge is -2.17. The second kappa shape index (κ2) is 8.56. The van der Waals surface area contributed by atoms with Gasteiger partial charge in [0.25, 0.3) is 0 Å². The Kier molecular flexibility index (Phi) is 5.95. The van der Waals surface area contributed by atoms with Crippen molar-refractivity contribution in [2.75, 3.05) is 6.61 Å². The smallest absolute Gasteiger partial charge is 0.185 e. The Morgan fingerprint density at radius 3 is 2.69 bits per heavy atom. The summed E-state index contributed by atoms with van der Waals surface area (Å²) in [6.07, 6.45) is 8.12. The third-order valence-corrected chi connectivity index (χ3v) is 4.42. The van der Waals surface area contributed by atoms with Gasteiger partial charge in [-0.15, -0.1) is 0 Å². The van der Waals surface area contributed by atoms with Crippen molar-refractivity contribution in [1.82, 2.24) is 0 Å². The molecule has 2 aromatic carbocycles. The summed E-state index contributed by atoms with van der Waals surface area (Å²) in [5.74, 6) is 1.38. The SMILES string of the molecule is CCOc1cc(/C=C/C(=O)c2cccc(O)c2)ccc1OC1CCCC1. The minimum Gasteiger partial charge on any atom is -0.508 e. The molecule has 1 N–H and O–H groups in total. The number of ether oxygens (including phenoxy) is 2. The van der Waals surface area contributed by atoms with Crippen LogP contribution in [0.3, 0.4) is 0 Å². The van der Waals surface area contributed by atoms with Crippen molar-refractivity contribution in [3.05, 3.63) is 59.7 Å². The van der Waals surface area contributed by atoms with Gasteiger partial charge in [0, 0.05) is 5.56 Å². The maximum absolute atomic E-state index is 12.2. The highest BCUT2D eigenvalue weighted by molar-refractivity contribution is 6.07. The van der Waals surface area contributed by atoms with E-state index in [-0.39, 0.29) is 17.6 Å². The quantitative estimate of drug-likeness (QED) is 0.562. The number of carbonyl (C=O) groups excluding carboxylic acids is 1. The molecule has 1 aliphatic rings. The Morgan fingerprint density at radius 2 is 1.96 bits per heavy atom. The van der Waals surface area contributed by atoms with Gasteiger partial charge >= 0.3 is 0 Å². The molecule has 0 aliphatic heterocycles. The summed E-state index contributed by atoms with van der Waals surface area (Å²) in [5, 5.41) is 9.48. The lowest BCUT2D eigenvalue weighted by Crippen LogP contribution is -2.11.